The van der Waals surface area contributed by atoms with E-state index in [2.05, 4.69) is 28.1 Å². The predicted octanol–water partition coefficient (Wildman–Crippen LogP) is 3.93. The lowest BCUT2D eigenvalue weighted by molar-refractivity contribution is 0.101. The molecule has 0 amide bonds. The fourth-order valence-corrected chi connectivity index (χ4v) is 6.73. The lowest BCUT2D eigenvalue weighted by atomic mass is 10.1. The van der Waals surface area contributed by atoms with Crippen LogP contribution in [-0.4, -0.2) is 43.0 Å². The van der Waals surface area contributed by atoms with Crippen LogP contribution in [0.2, 0.25) is 0 Å². The van der Waals surface area contributed by atoms with Crippen molar-refractivity contribution >= 4 is 54.2 Å². The molecule has 0 radical (unpaired) electrons. The number of fused-ring (bicyclic) bond motifs is 1. The summed E-state index contributed by atoms with van der Waals surface area (Å²) >= 11 is 5.04. The second-order valence-electron chi connectivity index (χ2n) is 7.01. The molecule has 0 unspecified atom stereocenters. The van der Waals surface area contributed by atoms with E-state index in [0.29, 0.717) is 5.56 Å². The van der Waals surface area contributed by atoms with Gasteiger partial charge in [-0.05, 0) is 36.8 Å². The molecule has 5 nitrogen and oxygen atoms in total. The van der Waals surface area contributed by atoms with Crippen LogP contribution < -0.4 is 4.90 Å². The van der Waals surface area contributed by atoms with Crippen molar-refractivity contribution in [1.82, 2.24) is 0 Å². The molecular formula is C20H19BrN2O3S2. The number of hydrogen-bond acceptors (Lipinski definition) is 6. The monoisotopic (exact) mass is 478 g/mol. The molecule has 8 heteroatoms. The molecule has 2 aromatic carbocycles. The van der Waals surface area contributed by atoms with Gasteiger partial charge in [-0.2, -0.15) is 0 Å². The van der Waals surface area contributed by atoms with Gasteiger partial charge in [0.2, 0.25) is 0 Å². The number of benzene rings is 2. The third kappa shape index (κ3) is 4.04. The fraction of sp³-hybridized carbons (Fsp3) is 0.300. The Morgan fingerprint density at radius 2 is 1.96 bits per heavy atom. The number of Topliss-reactive ketones (excluding diaryl/α,β-unsaturated/α-hetero) is 1. The van der Waals surface area contributed by atoms with Crippen LogP contribution in [0, 0.1) is 0 Å². The molecule has 2 atom stereocenters. The quantitative estimate of drug-likeness (QED) is 0.622. The minimum absolute atomic E-state index is 0.0161. The largest absolute Gasteiger partial charge is 0.315 e. The first-order valence-electron chi connectivity index (χ1n) is 8.88. The van der Waals surface area contributed by atoms with E-state index in [1.165, 1.54) is 6.92 Å². The molecule has 0 spiro atoms. The van der Waals surface area contributed by atoms with Gasteiger partial charge in [0.05, 0.1) is 23.6 Å². The van der Waals surface area contributed by atoms with Gasteiger partial charge in [0.1, 0.15) is 0 Å². The number of rotatable bonds is 4. The van der Waals surface area contributed by atoms with Gasteiger partial charge < -0.3 is 4.90 Å². The van der Waals surface area contributed by atoms with Gasteiger partial charge in [-0.3, -0.25) is 9.79 Å². The third-order valence-corrected chi connectivity index (χ3v) is 8.18. The number of carbonyl (C=O) groups is 1. The van der Waals surface area contributed by atoms with Crippen LogP contribution in [0.4, 0.5) is 5.69 Å². The maximum absolute atomic E-state index is 12.2. The minimum Gasteiger partial charge on any atom is -0.315 e. The maximum atomic E-state index is 12.2. The molecule has 28 heavy (non-hydrogen) atoms. The van der Waals surface area contributed by atoms with Crippen molar-refractivity contribution in [3.63, 3.8) is 0 Å². The van der Waals surface area contributed by atoms with Crippen molar-refractivity contribution in [1.29, 1.82) is 0 Å². The summed E-state index contributed by atoms with van der Waals surface area (Å²) in [7, 11) is -3.10. The van der Waals surface area contributed by atoms with E-state index in [0.717, 1.165) is 26.6 Å². The minimum atomic E-state index is -3.10. The van der Waals surface area contributed by atoms with Gasteiger partial charge in [0.15, 0.2) is 20.8 Å². The zero-order chi connectivity index (χ0) is 19.9. The van der Waals surface area contributed by atoms with Crippen LogP contribution in [-0.2, 0) is 15.6 Å². The molecule has 0 saturated carbocycles. The Kier molecular flexibility index (Phi) is 5.37. The summed E-state index contributed by atoms with van der Waals surface area (Å²) in [5, 5.41) is 0.813. The van der Waals surface area contributed by atoms with Crippen molar-refractivity contribution in [3.8, 4) is 0 Å². The summed E-state index contributed by atoms with van der Waals surface area (Å²) < 4.78 is 25.3. The number of hydrogen-bond donors (Lipinski definition) is 0. The molecule has 0 aromatic heterocycles. The number of halogens is 1. The van der Waals surface area contributed by atoms with Crippen LogP contribution in [0.3, 0.4) is 0 Å². The van der Waals surface area contributed by atoms with Gasteiger partial charge in [0, 0.05) is 21.5 Å². The average Bonchev–Trinajstić information content (AvgIpc) is 3.12. The van der Waals surface area contributed by atoms with E-state index in [1.54, 1.807) is 17.8 Å². The molecule has 2 aliphatic heterocycles. The Morgan fingerprint density at radius 3 is 2.68 bits per heavy atom. The number of ketones is 1. The number of anilines is 1. The van der Waals surface area contributed by atoms with E-state index >= 15 is 0 Å². The van der Waals surface area contributed by atoms with Crippen molar-refractivity contribution in [3.05, 3.63) is 64.1 Å². The topological polar surface area (TPSA) is 66.8 Å². The number of nitrogens with zero attached hydrogens (tertiary/aromatic N) is 2. The molecule has 2 aromatic rings. The van der Waals surface area contributed by atoms with Crippen molar-refractivity contribution < 1.29 is 13.2 Å². The van der Waals surface area contributed by atoms with E-state index in [4.69, 9.17) is 4.99 Å². The normalized spacial score (nSPS) is 22.8. The van der Waals surface area contributed by atoms with Crippen LogP contribution in [0.5, 0.6) is 0 Å². The van der Waals surface area contributed by atoms with Crippen molar-refractivity contribution in [2.75, 3.05) is 16.4 Å². The summed E-state index contributed by atoms with van der Waals surface area (Å²) in [6.07, 6.45) is 0. The summed E-state index contributed by atoms with van der Waals surface area (Å²) in [5.74, 6) is 0.899. The fourth-order valence-electron chi connectivity index (χ4n) is 3.54. The van der Waals surface area contributed by atoms with Gasteiger partial charge in [-0.1, -0.05) is 52.0 Å². The predicted molar refractivity (Wildman–Crippen MR) is 118 cm³/mol. The Hall–Kier alpha value is -1.64. The van der Waals surface area contributed by atoms with Crippen molar-refractivity contribution in [2.24, 2.45) is 4.99 Å². The zero-order valence-electron chi connectivity index (χ0n) is 15.2. The summed E-state index contributed by atoms with van der Waals surface area (Å²) in [4.78, 5) is 18.6. The van der Waals surface area contributed by atoms with Gasteiger partial charge >= 0.3 is 0 Å². The first kappa shape index (κ1) is 19.7. The van der Waals surface area contributed by atoms with Crippen molar-refractivity contribution in [2.45, 2.75) is 24.8 Å². The van der Waals surface area contributed by atoms with Gasteiger partial charge in [-0.25, -0.2) is 8.42 Å². The van der Waals surface area contributed by atoms with E-state index in [-0.39, 0.29) is 29.4 Å². The Bertz CT molecular complexity index is 1050. The number of aliphatic imine (C=N–C) groups is 1. The highest BCUT2D eigenvalue weighted by atomic mass is 79.9. The van der Waals surface area contributed by atoms with Crippen LogP contribution in [0.1, 0.15) is 22.8 Å². The SMILES string of the molecule is CC(=O)c1cccc(N2C(SCc3ccc(Br)cc3)=N[C@H]3CS(=O)(=O)C[C@@H]32)c1. The molecule has 0 bridgehead atoms. The molecule has 146 valence electrons. The first-order chi connectivity index (χ1) is 13.3. The summed E-state index contributed by atoms with van der Waals surface area (Å²) in [6.45, 7) is 1.53. The molecular weight excluding hydrogens is 460 g/mol. The first-order valence-corrected chi connectivity index (χ1v) is 12.5. The van der Waals surface area contributed by atoms with Crippen LogP contribution in [0.25, 0.3) is 0 Å². The highest BCUT2D eigenvalue weighted by Crippen LogP contribution is 2.36. The lowest BCUT2D eigenvalue weighted by Gasteiger charge is -2.26. The average molecular weight is 479 g/mol. The molecule has 1 saturated heterocycles. The lowest BCUT2D eigenvalue weighted by Crippen LogP contribution is -2.39. The second-order valence-corrected chi connectivity index (χ2v) is 11.0. The van der Waals surface area contributed by atoms with E-state index < -0.39 is 9.84 Å². The third-order valence-electron chi connectivity index (χ3n) is 4.92. The van der Waals surface area contributed by atoms with E-state index in [9.17, 15) is 13.2 Å². The smallest absolute Gasteiger partial charge is 0.164 e. The van der Waals surface area contributed by atoms with Gasteiger partial charge in [0.25, 0.3) is 0 Å². The molecule has 0 aliphatic carbocycles. The summed E-state index contributed by atoms with van der Waals surface area (Å²) in [6, 6.07) is 15.0. The number of carbonyl (C=O) groups excluding carboxylic acids is 1. The molecule has 2 heterocycles. The number of sulfone groups is 1. The highest BCUT2D eigenvalue weighted by Gasteiger charge is 2.47. The molecule has 1 fully saturated rings. The van der Waals surface area contributed by atoms with Crippen LogP contribution >= 0.6 is 27.7 Å². The Balaban J connectivity index is 1.64. The Labute approximate surface area is 177 Å². The molecule has 2 aliphatic rings. The zero-order valence-corrected chi connectivity index (χ0v) is 18.4. The Morgan fingerprint density at radius 1 is 1.21 bits per heavy atom. The summed E-state index contributed by atoms with van der Waals surface area (Å²) in [5.41, 5.74) is 2.59. The second kappa shape index (κ2) is 7.65. The molecule has 4 rings (SSSR count). The van der Waals surface area contributed by atoms with E-state index in [1.807, 2.05) is 35.2 Å². The van der Waals surface area contributed by atoms with Crippen LogP contribution in [0.15, 0.2) is 58.0 Å². The number of amidine groups is 1. The molecule has 0 N–H and O–H groups in total. The standard InChI is InChI=1S/C20H19BrN2O3S2/c1-13(24)15-3-2-4-17(9-15)23-19-12-28(25,26)11-18(19)22-20(23)27-10-14-5-7-16(21)8-6-14/h2-9,18-19H,10-12H2,1H3/t18-,19-/m0/s1. The highest BCUT2D eigenvalue weighted by molar-refractivity contribution is 9.10. The van der Waals surface area contributed by atoms with Gasteiger partial charge in [-0.15, -0.1) is 0 Å². The number of thioether (sulfide) groups is 1. The maximum Gasteiger partial charge on any atom is 0.164 e.